The lowest BCUT2D eigenvalue weighted by atomic mass is 10.1. The predicted molar refractivity (Wildman–Crippen MR) is 90.5 cm³/mol. The molecule has 0 radical (unpaired) electrons. The average Bonchev–Trinajstić information content (AvgIpc) is 2.78. The molecule has 0 saturated carbocycles. The lowest BCUT2D eigenvalue weighted by molar-refractivity contribution is 0.0953. The third kappa shape index (κ3) is 4.86. The Morgan fingerprint density at radius 3 is 2.50 bits per heavy atom. The second-order valence-electron chi connectivity index (χ2n) is 5.18. The number of carbonyl (C=O) groups excluding carboxylic acids is 1. The first kappa shape index (κ1) is 18.2. The zero-order valence-corrected chi connectivity index (χ0v) is 13.8. The van der Waals surface area contributed by atoms with E-state index in [4.69, 9.17) is 5.73 Å². The Balaban J connectivity index is 0.00000242. The highest BCUT2D eigenvalue weighted by atomic mass is 35.5. The van der Waals surface area contributed by atoms with Gasteiger partial charge in [-0.05, 0) is 50.6 Å². The quantitative estimate of drug-likeness (QED) is 0.799. The smallest absolute Gasteiger partial charge is 0.251 e. The van der Waals surface area contributed by atoms with Gasteiger partial charge in [0.25, 0.3) is 5.91 Å². The maximum atomic E-state index is 11.9. The van der Waals surface area contributed by atoms with Crippen LogP contribution in [-0.4, -0.2) is 28.8 Å². The summed E-state index contributed by atoms with van der Waals surface area (Å²) in [4.78, 5) is 11.9. The van der Waals surface area contributed by atoms with E-state index >= 15 is 0 Å². The number of rotatable bonds is 6. The first-order chi connectivity index (χ1) is 10.1. The molecule has 1 amide bonds. The first-order valence-corrected chi connectivity index (χ1v) is 7.18. The van der Waals surface area contributed by atoms with Crippen molar-refractivity contribution in [1.82, 2.24) is 15.1 Å². The highest BCUT2D eigenvalue weighted by Gasteiger charge is 2.06. The normalized spacial score (nSPS) is 10.1. The fraction of sp³-hybridized carbons (Fsp3) is 0.375. The minimum atomic E-state index is -0.0545. The van der Waals surface area contributed by atoms with Gasteiger partial charge in [0.15, 0.2) is 0 Å². The van der Waals surface area contributed by atoms with Crippen LogP contribution in [0.1, 0.15) is 33.7 Å². The highest BCUT2D eigenvalue weighted by Crippen LogP contribution is 2.09. The van der Waals surface area contributed by atoms with Crippen molar-refractivity contribution < 1.29 is 4.79 Å². The number of amides is 1. The summed E-state index contributed by atoms with van der Waals surface area (Å²) in [5.74, 6) is -0.0545. The Kier molecular flexibility index (Phi) is 7.08. The van der Waals surface area contributed by atoms with E-state index in [9.17, 15) is 4.79 Å². The number of carbonyl (C=O) groups is 1. The Morgan fingerprint density at radius 2 is 1.95 bits per heavy atom. The van der Waals surface area contributed by atoms with Crippen molar-refractivity contribution >= 4 is 18.3 Å². The first-order valence-electron chi connectivity index (χ1n) is 7.18. The van der Waals surface area contributed by atoms with Crippen LogP contribution in [0.4, 0.5) is 0 Å². The molecule has 120 valence electrons. The molecule has 0 bridgehead atoms. The minimum Gasteiger partial charge on any atom is -0.352 e. The molecule has 2 rings (SSSR count). The third-order valence-electron chi connectivity index (χ3n) is 3.32. The van der Waals surface area contributed by atoms with Crippen LogP contribution in [0.15, 0.2) is 30.3 Å². The maximum Gasteiger partial charge on any atom is 0.251 e. The van der Waals surface area contributed by atoms with E-state index in [1.807, 2.05) is 42.8 Å². The fourth-order valence-corrected chi connectivity index (χ4v) is 2.18. The van der Waals surface area contributed by atoms with Gasteiger partial charge in [0, 0.05) is 17.8 Å². The van der Waals surface area contributed by atoms with Crippen LogP contribution in [0.25, 0.3) is 0 Å². The molecular formula is C16H23ClN4O. The average molecular weight is 323 g/mol. The topological polar surface area (TPSA) is 72.9 Å². The summed E-state index contributed by atoms with van der Waals surface area (Å²) >= 11 is 0. The third-order valence-corrected chi connectivity index (χ3v) is 3.32. The SMILES string of the molecule is Cc1cc(C)n(Cc2ccc(C(=O)NCCCN)cc2)n1.Cl. The Bertz CT molecular complexity index is 607. The number of hydrogen-bond acceptors (Lipinski definition) is 3. The van der Waals surface area contributed by atoms with Gasteiger partial charge in [-0.2, -0.15) is 5.10 Å². The molecule has 3 N–H and O–H groups in total. The zero-order valence-electron chi connectivity index (χ0n) is 13.0. The molecule has 6 heteroatoms. The van der Waals surface area contributed by atoms with Crippen molar-refractivity contribution in [2.45, 2.75) is 26.8 Å². The molecule has 0 aliphatic heterocycles. The molecule has 5 nitrogen and oxygen atoms in total. The molecule has 0 fully saturated rings. The van der Waals surface area contributed by atoms with E-state index < -0.39 is 0 Å². The molecule has 0 unspecified atom stereocenters. The summed E-state index contributed by atoms with van der Waals surface area (Å²) in [5, 5.41) is 7.28. The summed E-state index contributed by atoms with van der Waals surface area (Å²) in [6.07, 6.45) is 0.793. The predicted octanol–water partition coefficient (Wildman–Crippen LogP) is 2.05. The molecule has 22 heavy (non-hydrogen) atoms. The van der Waals surface area contributed by atoms with Gasteiger partial charge in [0.2, 0.25) is 0 Å². The van der Waals surface area contributed by atoms with Gasteiger partial charge in [-0.1, -0.05) is 12.1 Å². The van der Waals surface area contributed by atoms with Crippen LogP contribution >= 0.6 is 12.4 Å². The van der Waals surface area contributed by atoms with Crippen molar-refractivity contribution in [1.29, 1.82) is 0 Å². The van der Waals surface area contributed by atoms with Gasteiger partial charge in [0.05, 0.1) is 12.2 Å². The summed E-state index contributed by atoms with van der Waals surface area (Å²) in [6.45, 7) is 5.94. The fourth-order valence-electron chi connectivity index (χ4n) is 2.18. The number of aromatic nitrogens is 2. The van der Waals surface area contributed by atoms with E-state index in [1.54, 1.807) is 0 Å². The molecule has 2 aromatic rings. The van der Waals surface area contributed by atoms with Crippen LogP contribution in [-0.2, 0) is 6.54 Å². The van der Waals surface area contributed by atoms with Gasteiger partial charge in [-0.3, -0.25) is 9.48 Å². The lowest BCUT2D eigenvalue weighted by Crippen LogP contribution is -2.25. The number of nitrogens with one attached hydrogen (secondary N) is 1. The Hall–Kier alpha value is -1.85. The van der Waals surface area contributed by atoms with E-state index in [2.05, 4.69) is 16.5 Å². The number of hydrogen-bond donors (Lipinski definition) is 2. The molecule has 1 aromatic heterocycles. The second kappa shape index (κ2) is 8.56. The van der Waals surface area contributed by atoms with E-state index in [0.29, 0.717) is 18.7 Å². The van der Waals surface area contributed by atoms with Crippen molar-refractivity contribution in [3.05, 3.63) is 52.8 Å². The van der Waals surface area contributed by atoms with Crippen LogP contribution in [0.5, 0.6) is 0 Å². The van der Waals surface area contributed by atoms with Crippen LogP contribution in [0.3, 0.4) is 0 Å². The number of benzene rings is 1. The Morgan fingerprint density at radius 1 is 1.27 bits per heavy atom. The number of halogens is 1. The zero-order chi connectivity index (χ0) is 15.2. The van der Waals surface area contributed by atoms with E-state index in [0.717, 1.165) is 29.9 Å². The van der Waals surface area contributed by atoms with Crippen molar-refractivity contribution in [3.8, 4) is 0 Å². The van der Waals surface area contributed by atoms with Crippen LogP contribution < -0.4 is 11.1 Å². The van der Waals surface area contributed by atoms with Crippen molar-refractivity contribution in [2.75, 3.05) is 13.1 Å². The molecule has 0 atom stereocenters. The van der Waals surface area contributed by atoms with E-state index in [1.165, 1.54) is 0 Å². The van der Waals surface area contributed by atoms with Crippen molar-refractivity contribution in [3.63, 3.8) is 0 Å². The second-order valence-corrected chi connectivity index (χ2v) is 5.18. The molecule has 0 aliphatic rings. The maximum absolute atomic E-state index is 11.9. The van der Waals surface area contributed by atoms with Gasteiger partial charge in [-0.15, -0.1) is 12.4 Å². The van der Waals surface area contributed by atoms with Gasteiger partial charge >= 0.3 is 0 Å². The summed E-state index contributed by atoms with van der Waals surface area (Å²) < 4.78 is 1.96. The van der Waals surface area contributed by atoms with E-state index in [-0.39, 0.29) is 18.3 Å². The van der Waals surface area contributed by atoms with Gasteiger partial charge < -0.3 is 11.1 Å². The summed E-state index contributed by atoms with van der Waals surface area (Å²) in [5.41, 5.74) is 9.35. The lowest BCUT2D eigenvalue weighted by Gasteiger charge is -2.07. The summed E-state index contributed by atoms with van der Waals surface area (Å²) in [6, 6.07) is 9.68. The number of nitrogens with zero attached hydrogens (tertiary/aromatic N) is 2. The molecule has 0 aliphatic carbocycles. The molecular weight excluding hydrogens is 300 g/mol. The van der Waals surface area contributed by atoms with Gasteiger partial charge in [0.1, 0.15) is 0 Å². The standard InChI is InChI=1S/C16H22N4O.ClH/c1-12-10-13(2)20(19-12)11-14-4-6-15(7-5-14)16(21)18-9-3-8-17;/h4-7,10H,3,8-9,11,17H2,1-2H3,(H,18,21);1H. The molecule has 1 heterocycles. The Labute approximate surface area is 137 Å². The molecule has 0 saturated heterocycles. The monoisotopic (exact) mass is 322 g/mol. The number of aryl methyl sites for hydroxylation is 2. The van der Waals surface area contributed by atoms with Crippen LogP contribution in [0.2, 0.25) is 0 Å². The molecule has 0 spiro atoms. The molecule has 1 aromatic carbocycles. The highest BCUT2D eigenvalue weighted by molar-refractivity contribution is 5.94. The van der Waals surface area contributed by atoms with Gasteiger partial charge in [-0.25, -0.2) is 0 Å². The van der Waals surface area contributed by atoms with Crippen LogP contribution in [0, 0.1) is 13.8 Å². The van der Waals surface area contributed by atoms with Crippen molar-refractivity contribution in [2.24, 2.45) is 5.73 Å². The largest absolute Gasteiger partial charge is 0.352 e. The number of nitrogens with two attached hydrogens (primary N) is 1. The minimum absolute atomic E-state index is 0. The summed E-state index contributed by atoms with van der Waals surface area (Å²) in [7, 11) is 0.